The number of nitrogens with one attached hydrogen (secondary N) is 1. The minimum Gasteiger partial charge on any atom is -0.497 e. The highest BCUT2D eigenvalue weighted by atomic mass is 16.5. The third-order valence-corrected chi connectivity index (χ3v) is 5.43. The van der Waals surface area contributed by atoms with Gasteiger partial charge in [0.25, 0.3) is 0 Å². The number of benzene rings is 1. The smallest absolute Gasteiger partial charge is 0.244 e. The molecule has 23 heavy (non-hydrogen) atoms. The summed E-state index contributed by atoms with van der Waals surface area (Å²) in [5.74, 6) is 2.09. The second-order valence-electron chi connectivity index (χ2n) is 6.68. The average Bonchev–Trinajstić information content (AvgIpc) is 3.20. The van der Waals surface area contributed by atoms with Crippen LogP contribution in [0.5, 0.6) is 11.5 Å². The lowest BCUT2D eigenvalue weighted by molar-refractivity contribution is -0.123. The Morgan fingerprint density at radius 2 is 2.17 bits per heavy atom. The first-order valence-corrected chi connectivity index (χ1v) is 8.15. The number of hydrogen-bond donors (Lipinski definition) is 1. The molecule has 2 fully saturated rings. The molecule has 2 aliphatic rings. The van der Waals surface area contributed by atoms with Gasteiger partial charge in [-0.05, 0) is 36.3 Å². The van der Waals surface area contributed by atoms with Gasteiger partial charge in [-0.1, -0.05) is 19.8 Å². The fourth-order valence-corrected chi connectivity index (χ4v) is 4.01. The molecule has 1 N–H and O–H groups in total. The Kier molecular flexibility index (Phi) is 4.28. The van der Waals surface area contributed by atoms with E-state index in [0.717, 1.165) is 17.7 Å². The quantitative estimate of drug-likeness (QED) is 0.671. The number of fused-ring (bicyclic) bond motifs is 1. The van der Waals surface area contributed by atoms with Crippen molar-refractivity contribution in [1.82, 2.24) is 5.43 Å². The number of rotatable bonds is 5. The van der Waals surface area contributed by atoms with Gasteiger partial charge in [-0.2, -0.15) is 5.10 Å². The Morgan fingerprint density at radius 1 is 1.35 bits per heavy atom. The van der Waals surface area contributed by atoms with Crippen molar-refractivity contribution in [2.75, 3.05) is 14.2 Å². The first-order chi connectivity index (χ1) is 11.1. The molecule has 0 aromatic heterocycles. The summed E-state index contributed by atoms with van der Waals surface area (Å²) >= 11 is 0. The molecule has 0 heterocycles. The van der Waals surface area contributed by atoms with Crippen LogP contribution >= 0.6 is 0 Å². The first-order valence-electron chi connectivity index (χ1n) is 8.15. The molecule has 3 atom stereocenters. The van der Waals surface area contributed by atoms with Gasteiger partial charge >= 0.3 is 0 Å². The topological polar surface area (TPSA) is 59.9 Å². The number of amides is 1. The van der Waals surface area contributed by atoms with Crippen LogP contribution in [0.1, 0.15) is 38.2 Å². The van der Waals surface area contributed by atoms with Gasteiger partial charge in [0.2, 0.25) is 5.91 Å². The van der Waals surface area contributed by atoms with E-state index in [1.54, 1.807) is 26.5 Å². The minimum absolute atomic E-state index is 0.0446. The van der Waals surface area contributed by atoms with Gasteiger partial charge in [-0.3, -0.25) is 4.79 Å². The average molecular weight is 316 g/mol. The summed E-state index contributed by atoms with van der Waals surface area (Å²) in [4.78, 5) is 12.3. The first kappa shape index (κ1) is 15.8. The fraction of sp³-hybridized carbons (Fsp3) is 0.556. The normalized spacial score (nSPS) is 29.0. The maximum Gasteiger partial charge on any atom is 0.244 e. The zero-order valence-corrected chi connectivity index (χ0v) is 14.0. The van der Waals surface area contributed by atoms with E-state index < -0.39 is 0 Å². The summed E-state index contributed by atoms with van der Waals surface area (Å²) in [5, 5.41) is 4.11. The number of hydrogen-bond acceptors (Lipinski definition) is 4. The van der Waals surface area contributed by atoms with Crippen LogP contribution in [0.3, 0.4) is 0 Å². The van der Waals surface area contributed by atoms with E-state index in [1.807, 2.05) is 12.1 Å². The third kappa shape index (κ3) is 2.92. The molecule has 0 radical (unpaired) electrons. The number of hydrazone groups is 1. The standard InChI is InChI=1S/C18H24N2O3/c1-18-9-5-4-6-14(18)16(18)17(21)20-19-11-12-7-8-13(22-2)10-15(12)23-3/h7-8,10-11,14,16H,4-6,9H2,1-3H3,(H,20,21)/b19-11-/t14-,16-,18+/m1/s1. The van der Waals surface area contributed by atoms with E-state index in [4.69, 9.17) is 9.47 Å². The van der Waals surface area contributed by atoms with Crippen LogP contribution in [0.25, 0.3) is 0 Å². The molecule has 0 spiro atoms. The van der Waals surface area contributed by atoms with Crippen LogP contribution in [-0.4, -0.2) is 26.3 Å². The summed E-state index contributed by atoms with van der Waals surface area (Å²) in [6.45, 7) is 2.23. The highest BCUT2D eigenvalue weighted by Gasteiger charge is 2.64. The Bertz CT molecular complexity index is 629. The van der Waals surface area contributed by atoms with Crippen LogP contribution in [0.2, 0.25) is 0 Å². The van der Waals surface area contributed by atoms with Crippen LogP contribution in [0, 0.1) is 17.3 Å². The Hall–Kier alpha value is -2.04. The van der Waals surface area contributed by atoms with Crippen molar-refractivity contribution in [2.24, 2.45) is 22.4 Å². The van der Waals surface area contributed by atoms with Crippen molar-refractivity contribution < 1.29 is 14.3 Å². The molecule has 2 aliphatic carbocycles. The number of carbonyl (C=O) groups is 1. The highest BCUT2D eigenvalue weighted by molar-refractivity contribution is 5.87. The van der Waals surface area contributed by atoms with Crippen LogP contribution in [-0.2, 0) is 4.79 Å². The van der Waals surface area contributed by atoms with Crippen molar-refractivity contribution in [2.45, 2.75) is 32.6 Å². The lowest BCUT2D eigenvalue weighted by Gasteiger charge is -2.15. The van der Waals surface area contributed by atoms with E-state index >= 15 is 0 Å². The Balaban J connectivity index is 1.62. The largest absolute Gasteiger partial charge is 0.497 e. The van der Waals surface area contributed by atoms with E-state index in [0.29, 0.717) is 11.7 Å². The van der Waals surface area contributed by atoms with Gasteiger partial charge in [-0.25, -0.2) is 5.43 Å². The maximum atomic E-state index is 12.3. The monoisotopic (exact) mass is 316 g/mol. The Morgan fingerprint density at radius 3 is 2.83 bits per heavy atom. The zero-order chi connectivity index (χ0) is 16.4. The van der Waals surface area contributed by atoms with Crippen molar-refractivity contribution >= 4 is 12.1 Å². The van der Waals surface area contributed by atoms with Gasteiger partial charge in [-0.15, -0.1) is 0 Å². The van der Waals surface area contributed by atoms with E-state index in [-0.39, 0.29) is 17.2 Å². The SMILES string of the molecule is COc1ccc(/C=N\NC(=O)[C@H]2[C@H]3CCCC[C@@]32C)c(OC)c1. The Labute approximate surface area is 137 Å². The summed E-state index contributed by atoms with van der Waals surface area (Å²) in [7, 11) is 3.21. The van der Waals surface area contributed by atoms with Crippen molar-refractivity contribution in [1.29, 1.82) is 0 Å². The zero-order valence-electron chi connectivity index (χ0n) is 14.0. The third-order valence-electron chi connectivity index (χ3n) is 5.43. The number of carbonyl (C=O) groups excluding carboxylic acids is 1. The molecule has 0 unspecified atom stereocenters. The van der Waals surface area contributed by atoms with Gasteiger partial charge in [0.05, 0.1) is 20.4 Å². The second kappa shape index (κ2) is 6.22. The minimum atomic E-state index is 0.0446. The number of nitrogens with zero attached hydrogens (tertiary/aromatic N) is 1. The molecular formula is C18H24N2O3. The van der Waals surface area contributed by atoms with Crippen LogP contribution < -0.4 is 14.9 Å². The molecule has 1 aromatic carbocycles. The number of methoxy groups -OCH3 is 2. The van der Waals surface area contributed by atoms with E-state index in [2.05, 4.69) is 17.5 Å². The molecule has 5 heteroatoms. The fourth-order valence-electron chi connectivity index (χ4n) is 4.01. The van der Waals surface area contributed by atoms with Crippen LogP contribution in [0.15, 0.2) is 23.3 Å². The maximum absolute atomic E-state index is 12.3. The number of ether oxygens (including phenoxy) is 2. The van der Waals surface area contributed by atoms with Crippen molar-refractivity contribution in [3.63, 3.8) is 0 Å². The van der Waals surface area contributed by atoms with Crippen molar-refractivity contribution in [3.05, 3.63) is 23.8 Å². The van der Waals surface area contributed by atoms with Gasteiger partial charge in [0, 0.05) is 17.5 Å². The molecule has 1 aromatic rings. The lowest BCUT2D eigenvalue weighted by Crippen LogP contribution is -2.22. The van der Waals surface area contributed by atoms with Gasteiger partial charge in [0.15, 0.2) is 0 Å². The van der Waals surface area contributed by atoms with Crippen LogP contribution in [0.4, 0.5) is 0 Å². The van der Waals surface area contributed by atoms with E-state index in [1.165, 1.54) is 19.3 Å². The van der Waals surface area contributed by atoms with E-state index in [9.17, 15) is 4.79 Å². The van der Waals surface area contributed by atoms with Crippen molar-refractivity contribution in [3.8, 4) is 11.5 Å². The molecule has 0 saturated heterocycles. The predicted molar refractivity (Wildman–Crippen MR) is 88.8 cm³/mol. The molecule has 2 saturated carbocycles. The van der Waals surface area contributed by atoms with Gasteiger partial charge < -0.3 is 9.47 Å². The molecule has 124 valence electrons. The summed E-state index contributed by atoms with van der Waals surface area (Å²) in [6, 6.07) is 5.48. The molecule has 0 bridgehead atoms. The van der Waals surface area contributed by atoms with Gasteiger partial charge in [0.1, 0.15) is 11.5 Å². The predicted octanol–water partition coefficient (Wildman–Crippen LogP) is 2.98. The lowest BCUT2D eigenvalue weighted by atomic mass is 9.90. The summed E-state index contributed by atoms with van der Waals surface area (Å²) in [5.41, 5.74) is 3.70. The molecular weight excluding hydrogens is 292 g/mol. The molecule has 1 amide bonds. The molecule has 0 aliphatic heterocycles. The summed E-state index contributed by atoms with van der Waals surface area (Å²) in [6.07, 6.45) is 6.43. The highest BCUT2D eigenvalue weighted by Crippen LogP contribution is 2.66. The molecule has 5 nitrogen and oxygen atoms in total. The second-order valence-corrected chi connectivity index (χ2v) is 6.68. The summed E-state index contributed by atoms with van der Waals surface area (Å²) < 4.78 is 10.5. The molecule has 3 rings (SSSR count).